The maximum Gasteiger partial charge on any atom is 0.437 e. The summed E-state index contributed by atoms with van der Waals surface area (Å²) >= 11 is 13.5. The van der Waals surface area contributed by atoms with Crippen LogP contribution in [0.1, 0.15) is 16.8 Å². The average molecular weight is 437 g/mol. The van der Waals surface area contributed by atoms with Gasteiger partial charge in [0.05, 0.1) is 0 Å². The number of rotatable bonds is 3. The normalized spacial score (nSPS) is 13.8. The topological polar surface area (TPSA) is 12.9 Å². The minimum Gasteiger partial charge on any atom is -0.241 e. The molecular weight excluding hydrogens is 430 g/mol. The lowest BCUT2D eigenvalue weighted by molar-refractivity contribution is -0.350. The molecule has 0 fully saturated rings. The second-order valence-corrected chi connectivity index (χ2v) is 6.43. The predicted molar refractivity (Wildman–Crippen MR) is 70.8 cm³/mol. The van der Waals surface area contributed by atoms with Crippen LogP contribution in [0.25, 0.3) is 0 Å². The van der Waals surface area contributed by atoms with E-state index in [-0.39, 0.29) is 10.2 Å². The Morgan fingerprint density at radius 3 is 1.91 bits per heavy atom. The van der Waals surface area contributed by atoms with Crippen LogP contribution in [0.3, 0.4) is 0 Å². The van der Waals surface area contributed by atoms with Gasteiger partial charge in [-0.15, -0.1) is 23.2 Å². The second kappa shape index (κ2) is 6.32. The van der Waals surface area contributed by atoms with Gasteiger partial charge in [0, 0.05) is 6.42 Å². The highest BCUT2D eigenvalue weighted by molar-refractivity contribution is 9.10. The van der Waals surface area contributed by atoms with Crippen molar-refractivity contribution < 1.29 is 30.7 Å². The molecule has 0 N–H and O–H groups in total. The summed E-state index contributed by atoms with van der Waals surface area (Å²) in [6.07, 6.45) is -13.1. The number of halogens is 10. The molecule has 11 heteroatoms. The number of hydrogen-bond donors (Lipinski definition) is 0. The first kappa shape index (κ1) is 19.8. The zero-order chi connectivity index (χ0) is 17.5. The lowest BCUT2D eigenvalue weighted by Gasteiger charge is -2.31. The largest absolute Gasteiger partial charge is 0.437 e. The van der Waals surface area contributed by atoms with E-state index in [1.165, 1.54) is 6.92 Å². The van der Waals surface area contributed by atoms with E-state index in [4.69, 9.17) is 23.2 Å². The third-order valence-corrected chi connectivity index (χ3v) is 3.50. The molecule has 126 valence electrons. The smallest absolute Gasteiger partial charge is 0.241 e. The van der Waals surface area contributed by atoms with Crippen LogP contribution in [0.5, 0.6) is 0 Å². The van der Waals surface area contributed by atoms with E-state index >= 15 is 0 Å². The second-order valence-electron chi connectivity index (χ2n) is 4.34. The third-order valence-electron chi connectivity index (χ3n) is 2.78. The van der Waals surface area contributed by atoms with Gasteiger partial charge in [0.2, 0.25) is 0 Å². The van der Waals surface area contributed by atoms with Gasteiger partial charge in [-0.2, -0.15) is 26.3 Å². The molecule has 0 aromatic carbocycles. The number of alkyl halides is 9. The van der Waals surface area contributed by atoms with Crippen LogP contribution >= 0.6 is 39.1 Å². The van der Waals surface area contributed by atoms with Crippen LogP contribution in [0.15, 0.2) is 10.7 Å². The van der Waals surface area contributed by atoms with Gasteiger partial charge >= 0.3 is 18.0 Å². The van der Waals surface area contributed by atoms with Gasteiger partial charge in [-0.1, -0.05) is 0 Å². The molecule has 1 rings (SSSR count). The number of pyridine rings is 1. The van der Waals surface area contributed by atoms with Crippen molar-refractivity contribution in [2.75, 3.05) is 0 Å². The molecule has 0 aliphatic heterocycles. The van der Waals surface area contributed by atoms with Crippen LogP contribution in [-0.4, -0.2) is 22.2 Å². The minimum atomic E-state index is -6.26. The molecule has 1 heterocycles. The maximum absolute atomic E-state index is 14.2. The maximum atomic E-state index is 14.2. The SMILES string of the molecule is Cc1cc(Br)nc(C(F)(C(F)(F)F)C(F)(F)F)c1CC(Cl)Cl. The van der Waals surface area contributed by atoms with Crippen LogP contribution in [-0.2, 0) is 12.1 Å². The Morgan fingerprint density at radius 2 is 1.55 bits per heavy atom. The zero-order valence-corrected chi connectivity index (χ0v) is 13.7. The Hall–Kier alpha value is -0.280. The molecule has 1 aromatic rings. The zero-order valence-electron chi connectivity index (χ0n) is 10.6. The van der Waals surface area contributed by atoms with E-state index in [0.717, 1.165) is 6.07 Å². The fourth-order valence-corrected chi connectivity index (χ4v) is 2.61. The molecule has 0 aliphatic rings. The number of hydrogen-bond acceptors (Lipinski definition) is 1. The fourth-order valence-electron chi connectivity index (χ4n) is 1.79. The van der Waals surface area contributed by atoms with E-state index in [2.05, 4.69) is 20.9 Å². The van der Waals surface area contributed by atoms with Crippen molar-refractivity contribution >= 4 is 39.1 Å². The van der Waals surface area contributed by atoms with E-state index < -0.39 is 40.5 Å². The van der Waals surface area contributed by atoms with E-state index in [1.807, 2.05) is 0 Å². The van der Waals surface area contributed by atoms with Gasteiger partial charge in [0.25, 0.3) is 0 Å². The quantitative estimate of drug-likeness (QED) is 0.332. The average Bonchev–Trinajstić information content (AvgIpc) is 2.27. The molecule has 0 aliphatic carbocycles. The summed E-state index contributed by atoms with van der Waals surface area (Å²) in [4.78, 5) is 1.75. The Balaban J connectivity index is 3.76. The highest BCUT2D eigenvalue weighted by Crippen LogP contribution is 2.54. The first-order valence-corrected chi connectivity index (χ1v) is 7.15. The molecular formula is C11H7BrCl2F7N. The summed E-state index contributed by atoms with van der Waals surface area (Å²) in [6.45, 7) is 1.20. The number of aryl methyl sites for hydroxylation is 1. The number of aromatic nitrogens is 1. The molecule has 0 unspecified atom stereocenters. The highest BCUT2D eigenvalue weighted by Gasteiger charge is 2.75. The van der Waals surface area contributed by atoms with Crippen LogP contribution in [0.4, 0.5) is 30.7 Å². The molecule has 22 heavy (non-hydrogen) atoms. The Bertz CT molecular complexity index is 543. The minimum absolute atomic E-state index is 0.0568. The highest BCUT2D eigenvalue weighted by atomic mass is 79.9. The monoisotopic (exact) mass is 435 g/mol. The van der Waals surface area contributed by atoms with Crippen molar-refractivity contribution in [3.63, 3.8) is 0 Å². The van der Waals surface area contributed by atoms with Crippen molar-refractivity contribution in [1.29, 1.82) is 0 Å². The molecule has 0 saturated carbocycles. The third kappa shape index (κ3) is 3.62. The summed E-state index contributed by atoms with van der Waals surface area (Å²) in [7, 11) is 0. The first-order valence-electron chi connectivity index (χ1n) is 5.48. The Morgan fingerprint density at radius 1 is 1.09 bits per heavy atom. The molecule has 0 amide bonds. The van der Waals surface area contributed by atoms with Gasteiger partial charge in [0.1, 0.15) is 15.1 Å². The molecule has 1 aromatic heterocycles. The van der Waals surface area contributed by atoms with Gasteiger partial charge < -0.3 is 0 Å². The molecule has 0 radical (unpaired) electrons. The summed E-state index contributed by atoms with van der Waals surface area (Å²) in [5.41, 5.74) is -8.15. The van der Waals surface area contributed by atoms with Crippen molar-refractivity contribution in [3.05, 3.63) is 27.5 Å². The summed E-state index contributed by atoms with van der Waals surface area (Å²) in [5, 5.41) is 0. The Kier molecular flexibility index (Phi) is 5.67. The summed E-state index contributed by atoms with van der Waals surface area (Å²) < 4.78 is 90.9. The standard InChI is InChI=1S/C11H7BrCl2F7N/c1-4-2-6(12)22-8(5(4)3-7(13)14)9(15,10(16,17)18)11(19,20)21/h2,7H,3H2,1H3. The molecule has 0 saturated heterocycles. The molecule has 0 bridgehead atoms. The number of nitrogens with zero attached hydrogens (tertiary/aromatic N) is 1. The summed E-state index contributed by atoms with van der Waals surface area (Å²) in [5.74, 6) is 0. The van der Waals surface area contributed by atoms with Gasteiger partial charge in [-0.3, -0.25) is 0 Å². The Labute approximate surface area is 138 Å². The van der Waals surface area contributed by atoms with Crippen LogP contribution in [0, 0.1) is 6.92 Å². The molecule has 1 nitrogen and oxygen atoms in total. The summed E-state index contributed by atoms with van der Waals surface area (Å²) in [6, 6.07) is 1.14. The van der Waals surface area contributed by atoms with E-state index in [1.54, 1.807) is 0 Å². The van der Waals surface area contributed by atoms with Gasteiger partial charge in [0.15, 0.2) is 0 Å². The van der Waals surface area contributed by atoms with E-state index in [9.17, 15) is 30.7 Å². The van der Waals surface area contributed by atoms with Crippen molar-refractivity contribution in [1.82, 2.24) is 4.98 Å². The van der Waals surface area contributed by atoms with Crippen molar-refractivity contribution in [2.24, 2.45) is 0 Å². The molecule has 0 spiro atoms. The van der Waals surface area contributed by atoms with Crippen molar-refractivity contribution in [2.45, 2.75) is 36.2 Å². The lowest BCUT2D eigenvalue weighted by atomic mass is 9.91. The van der Waals surface area contributed by atoms with Crippen LogP contribution < -0.4 is 0 Å². The lowest BCUT2D eigenvalue weighted by Crippen LogP contribution is -2.51. The fraction of sp³-hybridized carbons (Fsp3) is 0.545. The van der Waals surface area contributed by atoms with E-state index in [0.29, 0.717) is 0 Å². The first-order chi connectivity index (χ1) is 9.71. The van der Waals surface area contributed by atoms with Crippen molar-refractivity contribution in [3.8, 4) is 0 Å². The predicted octanol–water partition coefficient (Wildman–Crippen LogP) is 5.79. The van der Waals surface area contributed by atoms with Gasteiger partial charge in [-0.25, -0.2) is 9.37 Å². The molecule has 0 atom stereocenters. The van der Waals surface area contributed by atoms with Gasteiger partial charge in [-0.05, 0) is 40.0 Å². The van der Waals surface area contributed by atoms with Crippen LogP contribution in [0.2, 0.25) is 0 Å².